The molecular formula is C29H42N4O6. The van der Waals surface area contributed by atoms with Crippen LogP contribution in [0.1, 0.15) is 53.4 Å². The van der Waals surface area contributed by atoms with Crippen molar-refractivity contribution in [1.29, 1.82) is 0 Å². The fourth-order valence-electron chi connectivity index (χ4n) is 8.56. The zero-order chi connectivity index (χ0) is 28.2. The van der Waals surface area contributed by atoms with E-state index in [1.165, 1.54) is 12.5 Å². The summed E-state index contributed by atoms with van der Waals surface area (Å²) in [6.07, 6.45) is 8.60. The van der Waals surface area contributed by atoms with Crippen molar-refractivity contribution in [3.63, 3.8) is 0 Å². The highest BCUT2D eigenvalue weighted by Gasteiger charge is 2.74. The number of aliphatic hydroxyl groups is 2. The maximum atomic E-state index is 12.0. The Balaban J connectivity index is 1.53. The fourth-order valence-corrected chi connectivity index (χ4v) is 8.56. The standard InChI is InChI=1S/C29H42N4O6/c1-17-30-29(24(31-33(5)6)16-37-18(2)35)25(39-17)14-22-21-8-7-19-13-20(32-38-12-11-34)9-10-27(19,3)26(21)23(36)15-28(22,29)4/h9-10,13,21-23,25-26,34,36H,7-8,11-12,14-16H2,1-6H3/b31-24?,32-20+/t21-,22-,23-,25+,26+,27-,28-,29+/m0/s1. The van der Waals surface area contributed by atoms with E-state index in [2.05, 4.69) is 31.2 Å². The van der Waals surface area contributed by atoms with E-state index in [1.54, 1.807) is 5.01 Å². The first-order valence-corrected chi connectivity index (χ1v) is 14.0. The van der Waals surface area contributed by atoms with Crippen LogP contribution in [0.2, 0.25) is 0 Å². The van der Waals surface area contributed by atoms with E-state index < -0.39 is 17.1 Å². The zero-order valence-electron chi connectivity index (χ0n) is 23.9. The Morgan fingerprint density at radius 2 is 2.10 bits per heavy atom. The summed E-state index contributed by atoms with van der Waals surface area (Å²) in [5.41, 5.74) is 1.09. The van der Waals surface area contributed by atoms with Crippen LogP contribution in [0, 0.1) is 28.6 Å². The molecule has 0 aromatic heterocycles. The highest BCUT2D eigenvalue weighted by Crippen LogP contribution is 2.69. The van der Waals surface area contributed by atoms with Gasteiger partial charge in [0.15, 0.2) is 5.90 Å². The molecule has 0 amide bonds. The zero-order valence-corrected chi connectivity index (χ0v) is 23.9. The second-order valence-electron chi connectivity index (χ2n) is 12.3. The second kappa shape index (κ2) is 10.0. The van der Waals surface area contributed by atoms with Crippen LogP contribution in [0.3, 0.4) is 0 Å². The SMILES string of the molecule is CC(=O)OCC(=NN(C)C)[C@@]12N=C(C)O[C@@H]1C[C@H]1[C@@H]3CCC4=C/C(=N/OCCO)C=C[C@]4(C)[C@H]3[C@@H](O)C[C@@]12C. The predicted octanol–water partition coefficient (Wildman–Crippen LogP) is 2.71. The van der Waals surface area contributed by atoms with Crippen molar-refractivity contribution in [3.05, 3.63) is 23.8 Å². The second-order valence-corrected chi connectivity index (χ2v) is 12.3. The number of ether oxygens (including phenoxy) is 2. The van der Waals surface area contributed by atoms with Crippen LogP contribution in [-0.4, -0.2) is 90.2 Å². The predicted molar refractivity (Wildman–Crippen MR) is 147 cm³/mol. The molecule has 3 fully saturated rings. The van der Waals surface area contributed by atoms with E-state index in [0.29, 0.717) is 18.0 Å². The van der Waals surface area contributed by atoms with Gasteiger partial charge in [-0.3, -0.25) is 4.79 Å². The molecule has 8 atom stereocenters. The number of nitrogens with zero attached hydrogens (tertiary/aromatic N) is 4. The lowest BCUT2D eigenvalue weighted by Crippen LogP contribution is -2.62. The minimum Gasteiger partial charge on any atom is -0.475 e. The van der Waals surface area contributed by atoms with Crippen LogP contribution < -0.4 is 0 Å². The summed E-state index contributed by atoms with van der Waals surface area (Å²) >= 11 is 0. The molecule has 1 aliphatic heterocycles. The molecular weight excluding hydrogens is 500 g/mol. The average Bonchev–Trinajstić information content (AvgIpc) is 3.31. The molecule has 214 valence electrons. The first-order valence-electron chi connectivity index (χ1n) is 14.0. The molecule has 0 saturated heterocycles. The quantitative estimate of drug-likeness (QED) is 0.219. The van der Waals surface area contributed by atoms with Crippen LogP contribution in [-0.2, 0) is 19.1 Å². The Morgan fingerprint density at radius 1 is 1.33 bits per heavy atom. The van der Waals surface area contributed by atoms with E-state index in [-0.39, 0.29) is 55.1 Å². The van der Waals surface area contributed by atoms with E-state index in [4.69, 9.17) is 29.5 Å². The number of aliphatic hydroxyl groups excluding tert-OH is 2. The van der Waals surface area contributed by atoms with Gasteiger partial charge in [0.25, 0.3) is 0 Å². The van der Waals surface area contributed by atoms with Crippen LogP contribution >= 0.6 is 0 Å². The molecule has 10 nitrogen and oxygen atoms in total. The number of hydrogen-bond acceptors (Lipinski definition) is 10. The number of aliphatic imine (C=N–C) groups is 1. The lowest BCUT2D eigenvalue weighted by atomic mass is 9.46. The molecule has 1 heterocycles. The third-order valence-electron chi connectivity index (χ3n) is 9.87. The van der Waals surface area contributed by atoms with Gasteiger partial charge in [0.2, 0.25) is 0 Å². The van der Waals surface area contributed by atoms with Gasteiger partial charge in [-0.25, -0.2) is 4.99 Å². The van der Waals surface area contributed by atoms with Crippen molar-refractivity contribution in [2.24, 2.45) is 43.8 Å². The lowest BCUT2D eigenvalue weighted by molar-refractivity contribution is -0.139. The summed E-state index contributed by atoms with van der Waals surface area (Å²) in [4.78, 5) is 22.2. The number of oxime groups is 1. The monoisotopic (exact) mass is 542 g/mol. The topological polar surface area (TPSA) is 126 Å². The van der Waals surface area contributed by atoms with Gasteiger partial charge in [0, 0.05) is 44.7 Å². The third-order valence-corrected chi connectivity index (χ3v) is 9.87. The molecule has 0 radical (unpaired) electrons. The van der Waals surface area contributed by atoms with Crippen LogP contribution in [0.25, 0.3) is 0 Å². The Labute approximate surface area is 230 Å². The molecule has 0 aromatic rings. The first kappa shape index (κ1) is 27.8. The van der Waals surface area contributed by atoms with Gasteiger partial charge in [-0.05, 0) is 49.7 Å². The van der Waals surface area contributed by atoms with Crippen molar-refractivity contribution in [2.75, 3.05) is 33.9 Å². The number of rotatable bonds is 7. The molecule has 0 aromatic carbocycles. The average molecular weight is 543 g/mol. The third kappa shape index (κ3) is 4.30. The molecule has 3 saturated carbocycles. The summed E-state index contributed by atoms with van der Waals surface area (Å²) in [6, 6.07) is 0. The summed E-state index contributed by atoms with van der Waals surface area (Å²) in [5, 5.41) is 31.7. The Hall–Kier alpha value is -2.72. The molecule has 39 heavy (non-hydrogen) atoms. The van der Waals surface area contributed by atoms with E-state index in [1.807, 2.05) is 27.1 Å². The summed E-state index contributed by atoms with van der Waals surface area (Å²) in [6.45, 7) is 7.84. The summed E-state index contributed by atoms with van der Waals surface area (Å²) < 4.78 is 11.9. The molecule has 4 aliphatic carbocycles. The van der Waals surface area contributed by atoms with Gasteiger partial charge in [-0.1, -0.05) is 30.7 Å². The highest BCUT2D eigenvalue weighted by atomic mass is 16.6. The smallest absolute Gasteiger partial charge is 0.303 e. The highest BCUT2D eigenvalue weighted by molar-refractivity contribution is 6.05. The summed E-state index contributed by atoms with van der Waals surface area (Å²) in [7, 11) is 3.70. The van der Waals surface area contributed by atoms with Crippen molar-refractivity contribution in [2.45, 2.75) is 71.1 Å². The number of hydrazone groups is 1. The van der Waals surface area contributed by atoms with Crippen molar-refractivity contribution >= 4 is 23.3 Å². The first-order chi connectivity index (χ1) is 18.5. The molecule has 2 N–H and O–H groups in total. The Kier molecular flexibility index (Phi) is 7.16. The molecule has 0 bridgehead atoms. The van der Waals surface area contributed by atoms with E-state index in [0.717, 1.165) is 25.0 Å². The number of allylic oxidation sites excluding steroid dienone is 4. The number of carbonyl (C=O) groups is 1. The van der Waals surface area contributed by atoms with Gasteiger partial charge in [-0.2, -0.15) is 5.10 Å². The number of carbonyl (C=O) groups excluding carboxylic acids is 1. The lowest BCUT2D eigenvalue weighted by Gasteiger charge is -2.59. The van der Waals surface area contributed by atoms with Crippen LogP contribution in [0.4, 0.5) is 0 Å². The molecule has 5 aliphatic rings. The largest absolute Gasteiger partial charge is 0.475 e. The summed E-state index contributed by atoms with van der Waals surface area (Å²) in [5.74, 6) is 0.774. The van der Waals surface area contributed by atoms with E-state index in [9.17, 15) is 9.90 Å². The van der Waals surface area contributed by atoms with Gasteiger partial charge < -0.3 is 29.5 Å². The molecule has 10 heteroatoms. The van der Waals surface area contributed by atoms with Crippen molar-refractivity contribution in [1.82, 2.24) is 5.01 Å². The maximum absolute atomic E-state index is 12.0. The van der Waals surface area contributed by atoms with Gasteiger partial charge >= 0.3 is 5.97 Å². The molecule has 5 rings (SSSR count). The minimum absolute atomic E-state index is 0.0322. The van der Waals surface area contributed by atoms with Gasteiger partial charge in [0.1, 0.15) is 36.3 Å². The van der Waals surface area contributed by atoms with Gasteiger partial charge in [-0.15, -0.1) is 0 Å². The normalized spacial score (nSPS) is 41.5. The maximum Gasteiger partial charge on any atom is 0.303 e. The number of hydrogen-bond donors (Lipinski definition) is 2. The Morgan fingerprint density at radius 3 is 2.79 bits per heavy atom. The van der Waals surface area contributed by atoms with Gasteiger partial charge in [0.05, 0.1) is 12.7 Å². The van der Waals surface area contributed by atoms with Crippen LogP contribution in [0.15, 0.2) is 39.1 Å². The van der Waals surface area contributed by atoms with Crippen molar-refractivity contribution in [3.8, 4) is 0 Å². The molecule has 0 unspecified atom stereocenters. The fraction of sp³-hybridized carbons (Fsp3) is 0.724. The van der Waals surface area contributed by atoms with Crippen molar-refractivity contribution < 1.29 is 29.3 Å². The van der Waals surface area contributed by atoms with E-state index >= 15 is 0 Å². The Bertz CT molecular complexity index is 1160. The minimum atomic E-state index is -0.823. The molecule has 0 spiro atoms. The number of fused-ring (bicyclic) bond motifs is 7. The number of esters is 1. The van der Waals surface area contributed by atoms with Crippen LogP contribution in [0.5, 0.6) is 0 Å².